The van der Waals surface area contributed by atoms with Crippen molar-refractivity contribution in [3.05, 3.63) is 35.4 Å². The fourth-order valence-electron chi connectivity index (χ4n) is 2.91. The summed E-state index contributed by atoms with van der Waals surface area (Å²) in [7, 11) is 2.22. The molecule has 1 aromatic carbocycles. The Kier molecular flexibility index (Phi) is 7.20. The predicted molar refractivity (Wildman–Crippen MR) is 88.4 cm³/mol. The van der Waals surface area contributed by atoms with Crippen LogP contribution in [0.2, 0.25) is 0 Å². The molecule has 21 heavy (non-hydrogen) atoms. The normalized spacial score (nSPS) is 19.8. The Labute approximate surface area is 129 Å². The van der Waals surface area contributed by atoms with Gasteiger partial charge in [0.1, 0.15) is 0 Å². The first-order valence-electron chi connectivity index (χ1n) is 8.36. The van der Waals surface area contributed by atoms with Gasteiger partial charge in [-0.15, -0.1) is 0 Å². The first kappa shape index (κ1) is 16.5. The second-order valence-electron chi connectivity index (χ2n) is 6.14. The smallest absolute Gasteiger partial charge is 0.0717 e. The van der Waals surface area contributed by atoms with Crippen LogP contribution in [0.4, 0.5) is 0 Å². The van der Waals surface area contributed by atoms with Gasteiger partial charge in [0.25, 0.3) is 0 Å². The number of ether oxygens (including phenoxy) is 1. The number of nitrogens with zero attached hydrogens (tertiary/aromatic N) is 1. The number of piperidine rings is 1. The standard InChI is InChI=1S/C18H30N2O/c1-3-10-19-13-16-7-6-8-17(12-16)14-21-15-18-9-4-5-11-20(18)2/h6-8,12,18-19H,3-5,9-11,13-15H2,1-2H3. The molecule has 0 aromatic heterocycles. The van der Waals surface area contributed by atoms with Crippen molar-refractivity contribution in [2.24, 2.45) is 0 Å². The molecule has 2 rings (SSSR count). The lowest BCUT2D eigenvalue weighted by atomic mass is 10.0. The highest BCUT2D eigenvalue weighted by molar-refractivity contribution is 5.22. The summed E-state index contributed by atoms with van der Waals surface area (Å²) in [4.78, 5) is 2.44. The maximum atomic E-state index is 5.95. The van der Waals surface area contributed by atoms with E-state index in [0.717, 1.165) is 26.3 Å². The average molecular weight is 290 g/mol. The van der Waals surface area contributed by atoms with E-state index in [1.807, 2.05) is 0 Å². The Morgan fingerprint density at radius 1 is 1.29 bits per heavy atom. The number of likely N-dealkylation sites (N-methyl/N-ethyl adjacent to an activating group) is 1. The molecular formula is C18H30N2O. The lowest BCUT2D eigenvalue weighted by molar-refractivity contribution is 0.0444. The van der Waals surface area contributed by atoms with E-state index in [0.29, 0.717) is 6.04 Å². The minimum atomic E-state index is 0.605. The Morgan fingerprint density at radius 3 is 2.95 bits per heavy atom. The van der Waals surface area contributed by atoms with Crippen molar-refractivity contribution in [2.45, 2.75) is 51.8 Å². The Morgan fingerprint density at radius 2 is 2.14 bits per heavy atom. The van der Waals surface area contributed by atoms with Crippen LogP contribution >= 0.6 is 0 Å². The molecule has 0 bridgehead atoms. The molecule has 1 aliphatic rings. The fourth-order valence-corrected chi connectivity index (χ4v) is 2.91. The molecule has 3 heteroatoms. The summed E-state index contributed by atoms with van der Waals surface area (Å²) in [5.41, 5.74) is 2.63. The number of hydrogen-bond acceptors (Lipinski definition) is 3. The molecule has 0 amide bonds. The van der Waals surface area contributed by atoms with E-state index in [2.05, 4.69) is 48.5 Å². The van der Waals surface area contributed by atoms with E-state index in [1.54, 1.807) is 0 Å². The highest BCUT2D eigenvalue weighted by Gasteiger charge is 2.18. The minimum Gasteiger partial charge on any atom is -0.375 e. The first-order valence-corrected chi connectivity index (χ1v) is 8.36. The van der Waals surface area contributed by atoms with Crippen LogP contribution in [-0.2, 0) is 17.9 Å². The third kappa shape index (κ3) is 5.77. The Balaban J connectivity index is 1.73. The van der Waals surface area contributed by atoms with Crippen LogP contribution in [0.15, 0.2) is 24.3 Å². The van der Waals surface area contributed by atoms with Gasteiger partial charge in [0, 0.05) is 12.6 Å². The number of nitrogens with one attached hydrogen (secondary N) is 1. The maximum absolute atomic E-state index is 5.95. The lowest BCUT2D eigenvalue weighted by Gasteiger charge is -2.32. The lowest BCUT2D eigenvalue weighted by Crippen LogP contribution is -2.39. The van der Waals surface area contributed by atoms with Crippen LogP contribution in [0.3, 0.4) is 0 Å². The molecule has 1 atom stereocenters. The van der Waals surface area contributed by atoms with Gasteiger partial charge in [0.05, 0.1) is 13.2 Å². The van der Waals surface area contributed by atoms with Gasteiger partial charge in [-0.3, -0.25) is 0 Å². The van der Waals surface area contributed by atoms with Crippen molar-refractivity contribution < 1.29 is 4.74 Å². The Bertz CT molecular complexity index is 408. The third-order valence-corrected chi connectivity index (χ3v) is 4.25. The summed E-state index contributed by atoms with van der Waals surface area (Å²) in [5.74, 6) is 0. The van der Waals surface area contributed by atoms with Crippen molar-refractivity contribution in [1.29, 1.82) is 0 Å². The van der Waals surface area contributed by atoms with Crippen molar-refractivity contribution in [3.8, 4) is 0 Å². The van der Waals surface area contributed by atoms with E-state index >= 15 is 0 Å². The quantitative estimate of drug-likeness (QED) is 0.744. The molecule has 1 aromatic rings. The molecule has 0 saturated carbocycles. The summed E-state index contributed by atoms with van der Waals surface area (Å²) in [6, 6.07) is 9.34. The summed E-state index contributed by atoms with van der Waals surface area (Å²) in [6.07, 6.45) is 5.13. The molecule has 0 spiro atoms. The number of hydrogen-bond donors (Lipinski definition) is 1. The molecule has 3 nitrogen and oxygen atoms in total. The van der Waals surface area contributed by atoms with Crippen LogP contribution < -0.4 is 5.32 Å². The molecule has 1 N–H and O–H groups in total. The van der Waals surface area contributed by atoms with Crippen LogP contribution in [0.5, 0.6) is 0 Å². The SMILES string of the molecule is CCCNCc1cccc(COCC2CCCCN2C)c1. The molecule has 1 saturated heterocycles. The molecule has 1 fully saturated rings. The van der Waals surface area contributed by atoms with Crippen molar-refractivity contribution in [3.63, 3.8) is 0 Å². The number of likely N-dealkylation sites (tertiary alicyclic amines) is 1. The van der Waals surface area contributed by atoms with Gasteiger partial charge < -0.3 is 15.0 Å². The second kappa shape index (κ2) is 9.19. The van der Waals surface area contributed by atoms with E-state index < -0.39 is 0 Å². The molecule has 0 aliphatic carbocycles. The van der Waals surface area contributed by atoms with E-state index in [1.165, 1.54) is 43.4 Å². The van der Waals surface area contributed by atoms with Crippen LogP contribution in [0, 0.1) is 0 Å². The van der Waals surface area contributed by atoms with Gasteiger partial charge in [0.2, 0.25) is 0 Å². The number of benzene rings is 1. The molecule has 118 valence electrons. The second-order valence-corrected chi connectivity index (χ2v) is 6.14. The molecular weight excluding hydrogens is 260 g/mol. The summed E-state index contributed by atoms with van der Waals surface area (Å²) in [6.45, 7) is 7.02. The zero-order valence-electron chi connectivity index (χ0n) is 13.6. The van der Waals surface area contributed by atoms with Gasteiger partial charge in [-0.1, -0.05) is 37.6 Å². The fraction of sp³-hybridized carbons (Fsp3) is 0.667. The monoisotopic (exact) mass is 290 g/mol. The van der Waals surface area contributed by atoms with Gasteiger partial charge in [-0.05, 0) is 50.5 Å². The van der Waals surface area contributed by atoms with E-state index in [9.17, 15) is 0 Å². The van der Waals surface area contributed by atoms with Gasteiger partial charge in [-0.25, -0.2) is 0 Å². The summed E-state index contributed by atoms with van der Waals surface area (Å²) < 4.78 is 5.95. The molecule has 1 aliphatic heterocycles. The summed E-state index contributed by atoms with van der Waals surface area (Å²) in [5, 5.41) is 3.44. The third-order valence-electron chi connectivity index (χ3n) is 4.25. The first-order chi connectivity index (χ1) is 10.3. The topological polar surface area (TPSA) is 24.5 Å². The van der Waals surface area contributed by atoms with Gasteiger partial charge in [0.15, 0.2) is 0 Å². The van der Waals surface area contributed by atoms with Gasteiger partial charge >= 0.3 is 0 Å². The minimum absolute atomic E-state index is 0.605. The Hall–Kier alpha value is -0.900. The highest BCUT2D eigenvalue weighted by Crippen LogP contribution is 2.16. The van der Waals surface area contributed by atoms with E-state index in [4.69, 9.17) is 4.74 Å². The van der Waals surface area contributed by atoms with Crippen LogP contribution in [0.1, 0.15) is 43.7 Å². The molecule has 1 heterocycles. The van der Waals surface area contributed by atoms with Crippen LogP contribution in [0.25, 0.3) is 0 Å². The van der Waals surface area contributed by atoms with Crippen molar-refractivity contribution in [1.82, 2.24) is 10.2 Å². The van der Waals surface area contributed by atoms with Crippen molar-refractivity contribution in [2.75, 3.05) is 26.7 Å². The zero-order chi connectivity index (χ0) is 14.9. The summed E-state index contributed by atoms with van der Waals surface area (Å²) >= 11 is 0. The van der Waals surface area contributed by atoms with Crippen LogP contribution in [-0.4, -0.2) is 37.7 Å². The van der Waals surface area contributed by atoms with Gasteiger partial charge in [-0.2, -0.15) is 0 Å². The zero-order valence-corrected chi connectivity index (χ0v) is 13.6. The maximum Gasteiger partial charge on any atom is 0.0717 e. The largest absolute Gasteiger partial charge is 0.375 e. The molecule has 1 unspecified atom stereocenters. The molecule has 0 radical (unpaired) electrons. The predicted octanol–water partition coefficient (Wildman–Crippen LogP) is 3.19. The van der Waals surface area contributed by atoms with E-state index in [-0.39, 0.29) is 0 Å². The average Bonchev–Trinajstić information content (AvgIpc) is 2.50. The highest BCUT2D eigenvalue weighted by atomic mass is 16.5. The number of rotatable bonds is 8. The van der Waals surface area contributed by atoms with Crippen molar-refractivity contribution >= 4 is 0 Å².